The van der Waals surface area contributed by atoms with Crippen LogP contribution in [-0.4, -0.2) is 40.0 Å². The first-order valence-electron chi connectivity index (χ1n) is 5.24. The average molecular weight is 260 g/mol. The lowest BCUT2D eigenvalue weighted by atomic mass is 10.3. The zero-order valence-electron chi connectivity index (χ0n) is 9.83. The molecule has 0 fully saturated rings. The molecule has 0 aliphatic rings. The molecule has 96 valence electrons. The first kappa shape index (κ1) is 13.7. The molecule has 7 heteroatoms. The molecule has 1 aromatic rings. The van der Waals surface area contributed by atoms with E-state index >= 15 is 0 Å². The van der Waals surface area contributed by atoms with Gasteiger partial charge >= 0.3 is 5.97 Å². The maximum atomic E-state index is 11.8. The van der Waals surface area contributed by atoms with Crippen molar-refractivity contribution in [3.05, 3.63) is 18.2 Å². The van der Waals surface area contributed by atoms with Crippen molar-refractivity contribution in [2.24, 2.45) is 0 Å². The normalized spacial score (nSPS) is 13.5. The van der Waals surface area contributed by atoms with Gasteiger partial charge in [-0.1, -0.05) is 0 Å². The first-order chi connectivity index (χ1) is 7.83. The Morgan fingerprint density at radius 2 is 2.24 bits per heavy atom. The van der Waals surface area contributed by atoms with Crippen LogP contribution in [0.25, 0.3) is 0 Å². The third kappa shape index (κ3) is 3.85. The van der Waals surface area contributed by atoms with Gasteiger partial charge in [-0.15, -0.1) is 0 Å². The zero-order valence-corrected chi connectivity index (χ0v) is 10.6. The standard InChI is InChI=1S/C10H16N2O4S/c1-8(7-10(13)14)17(15,16)6-5-12-4-3-11-9(12)2/h3-4,8H,5-7H2,1-2H3,(H,13,14). The van der Waals surface area contributed by atoms with Crippen LogP contribution in [0.3, 0.4) is 0 Å². The van der Waals surface area contributed by atoms with Gasteiger partial charge in [0.2, 0.25) is 0 Å². The molecule has 17 heavy (non-hydrogen) atoms. The number of rotatable bonds is 6. The van der Waals surface area contributed by atoms with E-state index < -0.39 is 21.1 Å². The van der Waals surface area contributed by atoms with E-state index in [1.807, 2.05) is 0 Å². The summed E-state index contributed by atoms with van der Waals surface area (Å²) in [7, 11) is -3.38. The third-order valence-electron chi connectivity index (χ3n) is 2.62. The van der Waals surface area contributed by atoms with E-state index in [1.54, 1.807) is 23.9 Å². The quantitative estimate of drug-likeness (QED) is 0.803. The maximum absolute atomic E-state index is 11.8. The molecule has 0 spiro atoms. The molecule has 1 heterocycles. The highest BCUT2D eigenvalue weighted by molar-refractivity contribution is 7.92. The summed E-state index contributed by atoms with van der Waals surface area (Å²) in [5, 5.41) is 7.71. The Morgan fingerprint density at radius 3 is 2.71 bits per heavy atom. The number of sulfone groups is 1. The minimum atomic E-state index is -3.38. The molecule has 0 amide bonds. The number of hydrogen-bond donors (Lipinski definition) is 1. The van der Waals surface area contributed by atoms with Crippen molar-refractivity contribution in [2.75, 3.05) is 5.75 Å². The number of hydrogen-bond acceptors (Lipinski definition) is 4. The van der Waals surface area contributed by atoms with Crippen LogP contribution < -0.4 is 0 Å². The third-order valence-corrected chi connectivity index (χ3v) is 4.76. The lowest BCUT2D eigenvalue weighted by molar-refractivity contribution is -0.136. The van der Waals surface area contributed by atoms with E-state index in [2.05, 4.69) is 4.98 Å². The Bertz CT molecular complexity index is 492. The summed E-state index contributed by atoms with van der Waals surface area (Å²) in [5.74, 6) is -0.426. The van der Waals surface area contributed by atoms with Crippen LogP contribution in [0.5, 0.6) is 0 Å². The summed E-state index contributed by atoms with van der Waals surface area (Å²) in [4.78, 5) is 14.4. The predicted octanol–water partition coefficient (Wildman–Crippen LogP) is 0.470. The monoisotopic (exact) mass is 260 g/mol. The molecule has 0 radical (unpaired) electrons. The smallest absolute Gasteiger partial charge is 0.304 e. The van der Waals surface area contributed by atoms with Gasteiger partial charge in [0.15, 0.2) is 9.84 Å². The first-order valence-corrected chi connectivity index (χ1v) is 6.95. The van der Waals surface area contributed by atoms with Crippen LogP contribution in [-0.2, 0) is 21.2 Å². The lowest BCUT2D eigenvalue weighted by Crippen LogP contribution is -2.26. The topological polar surface area (TPSA) is 89.3 Å². The van der Waals surface area contributed by atoms with Crippen LogP contribution in [0.1, 0.15) is 19.2 Å². The van der Waals surface area contributed by atoms with E-state index in [0.717, 1.165) is 5.82 Å². The fraction of sp³-hybridized carbons (Fsp3) is 0.600. The van der Waals surface area contributed by atoms with Gasteiger partial charge in [0.1, 0.15) is 5.82 Å². The molecule has 1 atom stereocenters. The SMILES string of the molecule is Cc1nccn1CCS(=O)(=O)C(C)CC(=O)O. The van der Waals surface area contributed by atoms with Crippen molar-refractivity contribution in [1.29, 1.82) is 0 Å². The van der Waals surface area contributed by atoms with Gasteiger partial charge in [0.25, 0.3) is 0 Å². The fourth-order valence-corrected chi connectivity index (χ4v) is 2.69. The van der Waals surface area contributed by atoms with Crippen molar-refractivity contribution in [2.45, 2.75) is 32.1 Å². The summed E-state index contributed by atoms with van der Waals surface area (Å²) >= 11 is 0. The number of carboxylic acids is 1. The summed E-state index contributed by atoms with van der Waals surface area (Å²) in [6.07, 6.45) is 2.95. The van der Waals surface area contributed by atoms with Gasteiger partial charge in [-0.2, -0.15) is 0 Å². The number of nitrogens with zero attached hydrogens (tertiary/aromatic N) is 2. The molecule has 0 bridgehead atoms. The number of aromatic nitrogens is 2. The van der Waals surface area contributed by atoms with Gasteiger partial charge in [-0.25, -0.2) is 13.4 Å². The molecular weight excluding hydrogens is 244 g/mol. The lowest BCUT2D eigenvalue weighted by Gasteiger charge is -2.11. The van der Waals surface area contributed by atoms with Crippen molar-refractivity contribution < 1.29 is 18.3 Å². The maximum Gasteiger partial charge on any atom is 0.304 e. The predicted molar refractivity (Wildman–Crippen MR) is 62.5 cm³/mol. The molecule has 6 nitrogen and oxygen atoms in total. The van der Waals surface area contributed by atoms with Crippen molar-refractivity contribution >= 4 is 15.8 Å². The molecule has 1 unspecified atom stereocenters. The van der Waals surface area contributed by atoms with Gasteiger partial charge < -0.3 is 9.67 Å². The summed E-state index contributed by atoms with van der Waals surface area (Å²) < 4.78 is 25.3. The molecule has 0 aromatic carbocycles. The van der Waals surface area contributed by atoms with E-state index in [-0.39, 0.29) is 12.2 Å². The van der Waals surface area contributed by atoms with E-state index in [1.165, 1.54) is 6.92 Å². The largest absolute Gasteiger partial charge is 0.481 e. The van der Waals surface area contributed by atoms with Gasteiger partial charge in [-0.05, 0) is 13.8 Å². The van der Waals surface area contributed by atoms with Gasteiger partial charge in [0.05, 0.1) is 17.4 Å². The molecule has 1 N–H and O–H groups in total. The molecule has 0 aliphatic heterocycles. The van der Waals surface area contributed by atoms with Crippen LogP contribution in [0.15, 0.2) is 12.4 Å². The van der Waals surface area contributed by atoms with Gasteiger partial charge in [-0.3, -0.25) is 4.79 Å². The second-order valence-corrected chi connectivity index (χ2v) is 6.48. The minimum absolute atomic E-state index is 0.0708. The summed E-state index contributed by atoms with van der Waals surface area (Å²) in [6.45, 7) is 3.51. The number of aryl methyl sites for hydroxylation is 2. The van der Waals surface area contributed by atoms with Crippen LogP contribution in [0.4, 0.5) is 0 Å². The van der Waals surface area contributed by atoms with Crippen LogP contribution >= 0.6 is 0 Å². The molecule has 0 aliphatic carbocycles. The molecule has 1 aromatic heterocycles. The molecular formula is C10H16N2O4S. The van der Waals surface area contributed by atoms with Gasteiger partial charge in [0, 0.05) is 18.9 Å². The molecule has 1 rings (SSSR count). The Morgan fingerprint density at radius 1 is 1.59 bits per heavy atom. The molecule has 0 saturated heterocycles. The number of imidazole rings is 1. The zero-order chi connectivity index (χ0) is 13.1. The Balaban J connectivity index is 2.62. The van der Waals surface area contributed by atoms with Crippen molar-refractivity contribution in [3.63, 3.8) is 0 Å². The highest BCUT2D eigenvalue weighted by atomic mass is 32.2. The second-order valence-electron chi connectivity index (χ2n) is 3.94. The summed E-state index contributed by atoms with van der Waals surface area (Å²) in [5.41, 5.74) is 0. The Kier molecular flexibility index (Phi) is 4.28. The van der Waals surface area contributed by atoms with E-state index in [0.29, 0.717) is 6.54 Å². The Hall–Kier alpha value is -1.37. The number of aliphatic carboxylic acids is 1. The minimum Gasteiger partial charge on any atom is -0.481 e. The number of carbonyl (C=O) groups is 1. The number of carboxylic acid groups (broad SMARTS) is 1. The van der Waals surface area contributed by atoms with E-state index in [4.69, 9.17) is 5.11 Å². The van der Waals surface area contributed by atoms with E-state index in [9.17, 15) is 13.2 Å². The van der Waals surface area contributed by atoms with Crippen LogP contribution in [0.2, 0.25) is 0 Å². The Labute approximate surface area is 100 Å². The highest BCUT2D eigenvalue weighted by Crippen LogP contribution is 2.08. The van der Waals surface area contributed by atoms with Crippen molar-refractivity contribution in [1.82, 2.24) is 9.55 Å². The fourth-order valence-electron chi connectivity index (χ4n) is 1.44. The van der Waals surface area contributed by atoms with Crippen molar-refractivity contribution in [3.8, 4) is 0 Å². The van der Waals surface area contributed by atoms with Crippen LogP contribution in [0, 0.1) is 6.92 Å². The molecule has 0 saturated carbocycles. The highest BCUT2D eigenvalue weighted by Gasteiger charge is 2.23. The summed E-state index contributed by atoms with van der Waals surface area (Å²) in [6, 6.07) is 0. The second kappa shape index (κ2) is 5.31. The average Bonchev–Trinajstić information content (AvgIpc) is 2.60.